The van der Waals surface area contributed by atoms with Gasteiger partial charge in [-0.1, -0.05) is 38.1 Å². The van der Waals surface area contributed by atoms with Crippen molar-refractivity contribution in [1.29, 1.82) is 0 Å². The molecule has 0 bridgehead atoms. The lowest BCUT2D eigenvalue weighted by atomic mass is 9.97. The second kappa shape index (κ2) is 10.2. The van der Waals surface area contributed by atoms with Crippen LogP contribution < -0.4 is 10.2 Å². The summed E-state index contributed by atoms with van der Waals surface area (Å²) >= 11 is 0. The molecule has 0 spiro atoms. The minimum Gasteiger partial charge on any atom is -0.352 e. The fourth-order valence-electron chi connectivity index (χ4n) is 3.73. The molecule has 3 rings (SSSR count). The second-order valence-corrected chi connectivity index (χ2v) is 7.28. The third-order valence-electron chi connectivity index (χ3n) is 5.49. The van der Waals surface area contributed by atoms with E-state index in [2.05, 4.69) is 57.1 Å². The number of nitrogens with zero attached hydrogens (tertiary/aromatic N) is 4. The number of aromatic nitrogens is 2. The van der Waals surface area contributed by atoms with Crippen molar-refractivity contribution in [2.24, 2.45) is 5.92 Å². The number of carbonyl (C=O) groups excluding carboxylic acids is 1. The van der Waals surface area contributed by atoms with Gasteiger partial charge < -0.3 is 10.2 Å². The molecule has 1 aromatic heterocycles. The van der Waals surface area contributed by atoms with Crippen molar-refractivity contribution in [1.82, 2.24) is 20.2 Å². The fourth-order valence-corrected chi connectivity index (χ4v) is 3.73. The van der Waals surface area contributed by atoms with Crippen molar-refractivity contribution >= 4 is 11.9 Å². The molecule has 2 heterocycles. The first kappa shape index (κ1) is 20.3. The minimum atomic E-state index is -0.0208. The van der Waals surface area contributed by atoms with Gasteiger partial charge >= 0.3 is 0 Å². The number of nitrogens with one attached hydrogen (secondary N) is 1. The van der Waals surface area contributed by atoms with Crippen molar-refractivity contribution < 1.29 is 4.79 Å². The van der Waals surface area contributed by atoms with Crippen molar-refractivity contribution in [2.75, 3.05) is 31.1 Å². The van der Waals surface area contributed by atoms with Crippen LogP contribution in [0, 0.1) is 5.92 Å². The Bertz CT molecular complexity index is 748. The second-order valence-electron chi connectivity index (χ2n) is 7.28. The van der Waals surface area contributed by atoms with Gasteiger partial charge in [0.15, 0.2) is 0 Å². The highest BCUT2D eigenvalue weighted by atomic mass is 16.1. The lowest BCUT2D eigenvalue weighted by molar-refractivity contribution is -0.125. The average molecular weight is 382 g/mol. The van der Waals surface area contributed by atoms with E-state index in [4.69, 9.17) is 0 Å². The molecule has 1 aromatic carbocycles. The number of rotatable bonds is 8. The topological polar surface area (TPSA) is 61.4 Å². The number of piperidine rings is 1. The maximum atomic E-state index is 12.8. The third kappa shape index (κ3) is 5.29. The van der Waals surface area contributed by atoms with Crippen LogP contribution in [-0.2, 0) is 17.9 Å². The van der Waals surface area contributed by atoms with Crippen molar-refractivity contribution in [2.45, 2.75) is 39.8 Å². The molecule has 0 aliphatic carbocycles. The zero-order valence-corrected chi connectivity index (χ0v) is 17.0. The van der Waals surface area contributed by atoms with Gasteiger partial charge in [0.05, 0.1) is 5.92 Å². The lowest BCUT2D eigenvalue weighted by Crippen LogP contribution is -2.43. The van der Waals surface area contributed by atoms with Gasteiger partial charge in [0.2, 0.25) is 11.9 Å². The molecule has 0 saturated carbocycles. The molecule has 1 unspecified atom stereocenters. The SMILES string of the molecule is CCN(CC)Cc1ccccc1CNC(=O)C1CCCN(c2ncccn2)C1. The molecule has 1 amide bonds. The van der Waals surface area contributed by atoms with Crippen LogP contribution in [0.2, 0.25) is 0 Å². The molecule has 1 fully saturated rings. The van der Waals surface area contributed by atoms with Crippen LogP contribution in [0.15, 0.2) is 42.7 Å². The van der Waals surface area contributed by atoms with E-state index in [0.717, 1.165) is 39.0 Å². The molecule has 28 heavy (non-hydrogen) atoms. The lowest BCUT2D eigenvalue weighted by Gasteiger charge is -2.32. The molecule has 2 aromatic rings. The van der Waals surface area contributed by atoms with Crippen LogP contribution in [0.3, 0.4) is 0 Å². The van der Waals surface area contributed by atoms with Crippen LogP contribution in [0.5, 0.6) is 0 Å². The van der Waals surface area contributed by atoms with Crippen LogP contribution in [0.1, 0.15) is 37.8 Å². The molecule has 6 nitrogen and oxygen atoms in total. The molecular formula is C22H31N5O. The summed E-state index contributed by atoms with van der Waals surface area (Å²) in [4.78, 5) is 26.0. The summed E-state index contributed by atoms with van der Waals surface area (Å²) in [5.74, 6) is 0.815. The first-order chi connectivity index (χ1) is 13.7. The maximum Gasteiger partial charge on any atom is 0.225 e. The highest BCUT2D eigenvalue weighted by Crippen LogP contribution is 2.20. The van der Waals surface area contributed by atoms with Crippen molar-refractivity contribution in [3.05, 3.63) is 53.9 Å². The van der Waals surface area contributed by atoms with E-state index < -0.39 is 0 Å². The standard InChI is InChI=1S/C22H31N5O/c1-3-26(4-2)16-19-10-6-5-9-18(19)15-25-21(28)20-11-7-14-27(17-20)22-23-12-8-13-24-22/h5-6,8-10,12-13,20H,3-4,7,11,14-17H2,1-2H3,(H,25,28). The van der Waals surface area contributed by atoms with Crippen LogP contribution in [0.4, 0.5) is 5.95 Å². The smallest absolute Gasteiger partial charge is 0.225 e. The Morgan fingerprint density at radius 1 is 1.14 bits per heavy atom. The normalized spacial score (nSPS) is 17.0. The van der Waals surface area contributed by atoms with Crippen LogP contribution in [-0.4, -0.2) is 47.0 Å². The Hall–Kier alpha value is -2.47. The molecule has 1 atom stereocenters. The summed E-state index contributed by atoms with van der Waals surface area (Å²) in [6.45, 7) is 9.49. The zero-order valence-electron chi connectivity index (χ0n) is 17.0. The first-order valence-corrected chi connectivity index (χ1v) is 10.3. The quantitative estimate of drug-likeness (QED) is 0.762. The van der Waals surface area contributed by atoms with Gasteiger partial charge in [0, 0.05) is 38.6 Å². The molecule has 150 valence electrons. The average Bonchev–Trinajstić information content (AvgIpc) is 2.77. The van der Waals surface area contributed by atoms with Gasteiger partial charge in [-0.2, -0.15) is 0 Å². The van der Waals surface area contributed by atoms with Crippen molar-refractivity contribution in [3.63, 3.8) is 0 Å². The van der Waals surface area contributed by atoms with Crippen molar-refractivity contribution in [3.8, 4) is 0 Å². The molecule has 0 radical (unpaired) electrons. The Morgan fingerprint density at radius 3 is 2.57 bits per heavy atom. The minimum absolute atomic E-state index is 0.0208. The van der Waals surface area contributed by atoms with Gasteiger partial charge in [-0.25, -0.2) is 9.97 Å². The Balaban J connectivity index is 1.58. The Kier molecular flexibility index (Phi) is 7.37. The molecule has 1 aliphatic rings. The van der Waals surface area contributed by atoms with Gasteiger partial charge in [-0.05, 0) is 43.1 Å². The molecule has 1 aliphatic heterocycles. The monoisotopic (exact) mass is 381 g/mol. The maximum absolute atomic E-state index is 12.8. The number of carbonyl (C=O) groups is 1. The molecule has 1 saturated heterocycles. The summed E-state index contributed by atoms with van der Waals surface area (Å²) in [5, 5.41) is 3.17. The summed E-state index contributed by atoms with van der Waals surface area (Å²) in [6, 6.07) is 10.2. The number of amides is 1. The predicted molar refractivity (Wildman–Crippen MR) is 112 cm³/mol. The number of hydrogen-bond acceptors (Lipinski definition) is 5. The van der Waals surface area contributed by atoms with Gasteiger partial charge in [-0.15, -0.1) is 0 Å². The highest BCUT2D eigenvalue weighted by Gasteiger charge is 2.27. The molecular weight excluding hydrogens is 350 g/mol. The van der Waals surface area contributed by atoms with Gasteiger partial charge in [-0.3, -0.25) is 9.69 Å². The first-order valence-electron chi connectivity index (χ1n) is 10.3. The largest absolute Gasteiger partial charge is 0.352 e. The van der Waals surface area contributed by atoms with E-state index in [-0.39, 0.29) is 11.8 Å². The number of hydrogen-bond donors (Lipinski definition) is 1. The number of anilines is 1. The molecule has 6 heteroatoms. The zero-order chi connectivity index (χ0) is 19.8. The summed E-state index contributed by atoms with van der Waals surface area (Å²) in [6.07, 6.45) is 5.39. The van der Waals surface area contributed by atoms with Gasteiger partial charge in [0.1, 0.15) is 0 Å². The van der Waals surface area contributed by atoms with E-state index in [1.54, 1.807) is 12.4 Å². The highest BCUT2D eigenvalue weighted by molar-refractivity contribution is 5.79. The van der Waals surface area contributed by atoms with Gasteiger partial charge in [0.25, 0.3) is 0 Å². The Morgan fingerprint density at radius 2 is 1.86 bits per heavy atom. The van der Waals surface area contributed by atoms with E-state index in [1.165, 1.54) is 11.1 Å². The van der Waals surface area contributed by atoms with E-state index in [9.17, 15) is 4.79 Å². The Labute approximate surface area is 168 Å². The number of benzene rings is 1. The molecule has 1 N–H and O–H groups in total. The van der Waals surface area contributed by atoms with E-state index in [1.807, 2.05) is 12.1 Å². The summed E-state index contributed by atoms with van der Waals surface area (Å²) in [5.41, 5.74) is 2.48. The van der Waals surface area contributed by atoms with Crippen LogP contribution >= 0.6 is 0 Å². The van der Waals surface area contributed by atoms with Crippen LogP contribution in [0.25, 0.3) is 0 Å². The van der Waals surface area contributed by atoms with E-state index in [0.29, 0.717) is 19.0 Å². The van der Waals surface area contributed by atoms with E-state index >= 15 is 0 Å². The fraction of sp³-hybridized carbons (Fsp3) is 0.500. The third-order valence-corrected chi connectivity index (χ3v) is 5.49. The predicted octanol–water partition coefficient (Wildman–Crippen LogP) is 2.85. The summed E-state index contributed by atoms with van der Waals surface area (Å²) < 4.78 is 0. The summed E-state index contributed by atoms with van der Waals surface area (Å²) in [7, 11) is 0.